The van der Waals surface area contributed by atoms with Gasteiger partial charge in [-0.05, 0) is 59.3 Å². The van der Waals surface area contributed by atoms with Gasteiger partial charge in [0.15, 0.2) is 0 Å². The molecule has 0 saturated heterocycles. The van der Waals surface area contributed by atoms with Crippen molar-refractivity contribution in [1.82, 2.24) is 0 Å². The standard InChI is InChI=1S/C18H19IN2O2/c1-2-3-11-17(22)20-13-7-6-8-14(12-13)21-18(23)15-9-4-5-10-16(15)19/h4-10,12H,2-3,11H2,1H3,(H,20,22)(H,21,23). The van der Waals surface area contributed by atoms with Crippen molar-refractivity contribution in [1.29, 1.82) is 0 Å². The molecule has 2 N–H and O–H groups in total. The molecule has 0 fully saturated rings. The fourth-order valence-electron chi connectivity index (χ4n) is 2.08. The molecule has 120 valence electrons. The van der Waals surface area contributed by atoms with E-state index in [1.165, 1.54) is 0 Å². The van der Waals surface area contributed by atoms with Crippen molar-refractivity contribution in [2.75, 3.05) is 10.6 Å². The summed E-state index contributed by atoms with van der Waals surface area (Å²) in [5.41, 5.74) is 1.97. The lowest BCUT2D eigenvalue weighted by atomic mass is 10.2. The Morgan fingerprint density at radius 3 is 2.39 bits per heavy atom. The van der Waals surface area contributed by atoms with Gasteiger partial charge in [0.25, 0.3) is 5.91 Å². The average Bonchev–Trinajstić information content (AvgIpc) is 2.53. The van der Waals surface area contributed by atoms with Crippen LogP contribution in [0.5, 0.6) is 0 Å². The van der Waals surface area contributed by atoms with Crippen LogP contribution in [-0.2, 0) is 4.79 Å². The molecule has 0 saturated carbocycles. The van der Waals surface area contributed by atoms with Crippen molar-refractivity contribution in [3.63, 3.8) is 0 Å². The van der Waals surface area contributed by atoms with Gasteiger partial charge in [0.2, 0.25) is 5.91 Å². The Labute approximate surface area is 149 Å². The van der Waals surface area contributed by atoms with Crippen LogP contribution in [0.25, 0.3) is 0 Å². The zero-order valence-electron chi connectivity index (χ0n) is 12.9. The quantitative estimate of drug-likeness (QED) is 0.665. The number of rotatable bonds is 6. The van der Waals surface area contributed by atoms with Gasteiger partial charge in [-0.1, -0.05) is 31.5 Å². The molecule has 0 aromatic heterocycles. The van der Waals surface area contributed by atoms with Crippen LogP contribution >= 0.6 is 22.6 Å². The molecule has 5 heteroatoms. The minimum atomic E-state index is -0.163. The van der Waals surface area contributed by atoms with E-state index in [1.54, 1.807) is 24.3 Å². The Bertz CT molecular complexity index is 701. The van der Waals surface area contributed by atoms with Gasteiger partial charge < -0.3 is 10.6 Å². The summed E-state index contributed by atoms with van der Waals surface area (Å²) in [4.78, 5) is 24.1. The first-order chi connectivity index (χ1) is 11.1. The molecule has 0 radical (unpaired) electrons. The predicted molar refractivity (Wildman–Crippen MR) is 102 cm³/mol. The van der Waals surface area contributed by atoms with Crippen molar-refractivity contribution < 1.29 is 9.59 Å². The summed E-state index contributed by atoms with van der Waals surface area (Å²) in [6, 6.07) is 14.6. The maximum Gasteiger partial charge on any atom is 0.256 e. The fraction of sp³-hybridized carbons (Fsp3) is 0.222. The first-order valence-corrected chi connectivity index (χ1v) is 8.64. The van der Waals surface area contributed by atoms with Crippen molar-refractivity contribution >= 4 is 45.8 Å². The third-order valence-electron chi connectivity index (χ3n) is 3.28. The van der Waals surface area contributed by atoms with Gasteiger partial charge in [0, 0.05) is 21.4 Å². The molecule has 0 spiro atoms. The molecular weight excluding hydrogens is 403 g/mol. The summed E-state index contributed by atoms with van der Waals surface area (Å²) in [5, 5.41) is 5.71. The van der Waals surface area contributed by atoms with E-state index >= 15 is 0 Å². The Kier molecular flexibility index (Phi) is 6.58. The van der Waals surface area contributed by atoms with Crippen LogP contribution < -0.4 is 10.6 Å². The third kappa shape index (κ3) is 5.35. The summed E-state index contributed by atoms with van der Waals surface area (Å²) in [5.74, 6) is -0.169. The lowest BCUT2D eigenvalue weighted by Gasteiger charge is -2.09. The van der Waals surface area contributed by atoms with Crippen LogP contribution in [-0.4, -0.2) is 11.8 Å². The number of hydrogen-bond donors (Lipinski definition) is 2. The van der Waals surface area contributed by atoms with E-state index in [-0.39, 0.29) is 11.8 Å². The van der Waals surface area contributed by atoms with E-state index in [4.69, 9.17) is 0 Å². The Morgan fingerprint density at radius 1 is 1.00 bits per heavy atom. The number of halogens is 1. The molecule has 23 heavy (non-hydrogen) atoms. The third-order valence-corrected chi connectivity index (χ3v) is 4.22. The first kappa shape index (κ1) is 17.5. The minimum absolute atomic E-state index is 0.00654. The Hall–Kier alpha value is -1.89. The minimum Gasteiger partial charge on any atom is -0.326 e. The monoisotopic (exact) mass is 422 g/mol. The van der Waals surface area contributed by atoms with Crippen LogP contribution in [0.2, 0.25) is 0 Å². The molecule has 4 nitrogen and oxygen atoms in total. The molecule has 0 aliphatic heterocycles. The van der Waals surface area contributed by atoms with E-state index in [2.05, 4.69) is 33.2 Å². The highest BCUT2D eigenvalue weighted by Gasteiger charge is 2.10. The fourth-order valence-corrected chi connectivity index (χ4v) is 2.71. The second-order valence-electron chi connectivity index (χ2n) is 5.17. The second kappa shape index (κ2) is 8.67. The number of nitrogens with one attached hydrogen (secondary N) is 2. The highest BCUT2D eigenvalue weighted by molar-refractivity contribution is 14.1. The highest BCUT2D eigenvalue weighted by Crippen LogP contribution is 2.18. The number of benzene rings is 2. The largest absolute Gasteiger partial charge is 0.326 e. The topological polar surface area (TPSA) is 58.2 Å². The molecular formula is C18H19IN2O2. The smallest absolute Gasteiger partial charge is 0.256 e. The molecule has 0 heterocycles. The maximum absolute atomic E-state index is 12.3. The summed E-state index contributed by atoms with van der Waals surface area (Å²) in [7, 11) is 0. The van der Waals surface area contributed by atoms with E-state index in [0.29, 0.717) is 23.4 Å². The normalized spacial score (nSPS) is 10.2. The van der Waals surface area contributed by atoms with E-state index in [9.17, 15) is 9.59 Å². The average molecular weight is 422 g/mol. The van der Waals surface area contributed by atoms with Crippen molar-refractivity contribution in [3.05, 3.63) is 57.7 Å². The zero-order valence-corrected chi connectivity index (χ0v) is 15.1. The lowest BCUT2D eigenvalue weighted by Crippen LogP contribution is -2.14. The van der Waals surface area contributed by atoms with Gasteiger partial charge in [-0.2, -0.15) is 0 Å². The van der Waals surface area contributed by atoms with E-state index < -0.39 is 0 Å². The molecule has 0 bridgehead atoms. The summed E-state index contributed by atoms with van der Waals surface area (Å²) < 4.78 is 0.895. The SMILES string of the molecule is CCCCC(=O)Nc1cccc(NC(=O)c2ccccc2I)c1. The predicted octanol–water partition coefficient (Wildman–Crippen LogP) is 4.67. The van der Waals surface area contributed by atoms with Crippen LogP contribution in [0.15, 0.2) is 48.5 Å². The van der Waals surface area contributed by atoms with Crippen LogP contribution in [0, 0.1) is 3.57 Å². The number of amides is 2. The summed E-state index contributed by atoms with van der Waals surface area (Å²) in [6.07, 6.45) is 2.36. The van der Waals surface area contributed by atoms with Gasteiger partial charge in [-0.25, -0.2) is 0 Å². The van der Waals surface area contributed by atoms with Gasteiger partial charge >= 0.3 is 0 Å². The number of unbranched alkanes of at least 4 members (excludes halogenated alkanes) is 1. The molecule has 0 unspecified atom stereocenters. The number of hydrogen-bond acceptors (Lipinski definition) is 2. The number of carbonyl (C=O) groups excluding carboxylic acids is 2. The van der Waals surface area contributed by atoms with E-state index in [0.717, 1.165) is 16.4 Å². The molecule has 2 aromatic carbocycles. The lowest BCUT2D eigenvalue weighted by molar-refractivity contribution is -0.116. The second-order valence-corrected chi connectivity index (χ2v) is 6.33. The molecule has 0 atom stereocenters. The number of carbonyl (C=O) groups is 2. The Balaban J connectivity index is 2.04. The van der Waals surface area contributed by atoms with Gasteiger partial charge in [-0.3, -0.25) is 9.59 Å². The molecule has 0 aliphatic rings. The van der Waals surface area contributed by atoms with Crippen LogP contribution in [0.3, 0.4) is 0 Å². The van der Waals surface area contributed by atoms with E-state index in [1.807, 2.05) is 31.2 Å². The van der Waals surface area contributed by atoms with Gasteiger partial charge in [-0.15, -0.1) is 0 Å². The molecule has 2 amide bonds. The van der Waals surface area contributed by atoms with Gasteiger partial charge in [0.05, 0.1) is 5.56 Å². The van der Waals surface area contributed by atoms with Crippen molar-refractivity contribution in [3.8, 4) is 0 Å². The van der Waals surface area contributed by atoms with Gasteiger partial charge in [0.1, 0.15) is 0 Å². The molecule has 0 aliphatic carbocycles. The maximum atomic E-state index is 12.3. The highest BCUT2D eigenvalue weighted by atomic mass is 127. The Morgan fingerprint density at radius 2 is 1.70 bits per heavy atom. The summed E-state index contributed by atoms with van der Waals surface area (Å²) >= 11 is 2.14. The van der Waals surface area contributed by atoms with Crippen LogP contribution in [0.4, 0.5) is 11.4 Å². The van der Waals surface area contributed by atoms with Crippen molar-refractivity contribution in [2.45, 2.75) is 26.2 Å². The molecule has 2 rings (SSSR count). The van der Waals surface area contributed by atoms with Crippen molar-refractivity contribution in [2.24, 2.45) is 0 Å². The van der Waals surface area contributed by atoms with Crippen LogP contribution in [0.1, 0.15) is 36.5 Å². The molecule has 2 aromatic rings. The number of anilines is 2. The first-order valence-electron chi connectivity index (χ1n) is 7.56. The zero-order chi connectivity index (χ0) is 16.7. The summed E-state index contributed by atoms with van der Waals surface area (Å²) in [6.45, 7) is 2.05.